The van der Waals surface area contributed by atoms with Gasteiger partial charge in [0.05, 0.1) is 5.56 Å². The molecule has 2 aromatic carbocycles. The van der Waals surface area contributed by atoms with Crippen LogP contribution in [0, 0.1) is 0 Å². The van der Waals surface area contributed by atoms with E-state index in [4.69, 9.17) is 5.21 Å². The number of carbonyl (C=O) groups is 5. The number of carbonyl (C=O) groups excluding carboxylic acids is 5. The lowest BCUT2D eigenvalue weighted by Crippen LogP contribution is -2.53. The van der Waals surface area contributed by atoms with Crippen LogP contribution in [0.4, 0.5) is 11.4 Å². The number of likely N-dealkylation sites (N-methyl/N-ethyl adjacent to an activating group) is 1. The van der Waals surface area contributed by atoms with Crippen LogP contribution < -0.4 is 21.4 Å². The highest BCUT2D eigenvalue weighted by atomic mass is 16.5. The molecule has 1 fully saturated rings. The number of fused-ring (bicyclic) bond motifs is 1. The first-order valence-electron chi connectivity index (χ1n) is 14.9. The van der Waals surface area contributed by atoms with Gasteiger partial charge >= 0.3 is 0 Å². The molecule has 4 rings (SSSR count). The van der Waals surface area contributed by atoms with Crippen LogP contribution in [-0.4, -0.2) is 75.8 Å². The number of amides is 5. The number of hydrogen-bond acceptors (Lipinski definition) is 9. The predicted molar refractivity (Wildman–Crippen MR) is 161 cm³/mol. The van der Waals surface area contributed by atoms with Gasteiger partial charge in [0.25, 0.3) is 5.91 Å². The first-order chi connectivity index (χ1) is 21.2. The zero-order valence-electron chi connectivity index (χ0n) is 24.8. The van der Waals surface area contributed by atoms with Crippen molar-refractivity contribution < 1.29 is 34.3 Å². The van der Waals surface area contributed by atoms with Crippen LogP contribution >= 0.6 is 0 Å². The Morgan fingerprint density at radius 2 is 1.70 bits per heavy atom. The number of piperidine rings is 1. The van der Waals surface area contributed by atoms with Crippen LogP contribution in [0.5, 0.6) is 0 Å². The number of anilines is 2. The van der Waals surface area contributed by atoms with Gasteiger partial charge in [0.1, 0.15) is 6.04 Å². The predicted octanol–water partition coefficient (Wildman–Crippen LogP) is 2.27. The number of imide groups is 1. The van der Waals surface area contributed by atoms with Gasteiger partial charge in [-0.15, -0.1) is 0 Å². The van der Waals surface area contributed by atoms with Crippen molar-refractivity contribution in [2.24, 2.45) is 0 Å². The van der Waals surface area contributed by atoms with Crippen LogP contribution in [0.3, 0.4) is 0 Å². The molecule has 0 aliphatic carbocycles. The standard InChI is InChI=1S/C31H40N6O7/c1-36(19-20-11-13-21(14-12-20)33-25(38)9-4-2-3-5-10-27(40)35-44)18-17-32-23-8-6-7-22-28(23)31(43)37(30(22)42)24-15-16-26(39)34-29(24)41/h6-8,11-14,24,30,32,42,44H,2-5,9-10,15-19H2,1H3,(H,33,38)(H,35,40)(H,34,39,41). The summed E-state index contributed by atoms with van der Waals surface area (Å²) < 4.78 is 0. The molecule has 2 atom stereocenters. The summed E-state index contributed by atoms with van der Waals surface area (Å²) in [7, 11) is 1.97. The molecule has 13 nitrogen and oxygen atoms in total. The zero-order valence-corrected chi connectivity index (χ0v) is 24.8. The van der Waals surface area contributed by atoms with Crippen molar-refractivity contribution >= 4 is 40.9 Å². The van der Waals surface area contributed by atoms with Crippen molar-refractivity contribution in [1.82, 2.24) is 20.6 Å². The highest BCUT2D eigenvalue weighted by molar-refractivity contribution is 6.08. The van der Waals surface area contributed by atoms with Crippen molar-refractivity contribution in [2.75, 3.05) is 30.8 Å². The smallest absolute Gasteiger partial charge is 0.259 e. The topological polar surface area (TPSA) is 180 Å². The Labute approximate surface area is 255 Å². The number of hydroxylamine groups is 1. The lowest BCUT2D eigenvalue weighted by Gasteiger charge is -2.31. The Morgan fingerprint density at radius 1 is 1.00 bits per heavy atom. The van der Waals surface area contributed by atoms with E-state index in [-0.39, 0.29) is 31.1 Å². The van der Waals surface area contributed by atoms with Gasteiger partial charge in [-0.2, -0.15) is 0 Å². The van der Waals surface area contributed by atoms with Gasteiger partial charge in [-0.3, -0.25) is 39.4 Å². The third-order valence-corrected chi connectivity index (χ3v) is 7.81. The van der Waals surface area contributed by atoms with E-state index in [0.29, 0.717) is 49.3 Å². The summed E-state index contributed by atoms with van der Waals surface area (Å²) in [6.07, 6.45) is 2.72. The SMILES string of the molecule is CN(CCNc1cccc2c1C(=O)N(C1CCC(=O)NC1=O)C2O)Cc1ccc(NC(=O)CCCCCCC(=O)NO)cc1. The minimum atomic E-state index is -1.27. The molecule has 0 bridgehead atoms. The molecule has 1 saturated heterocycles. The van der Waals surface area contributed by atoms with Crippen LogP contribution in [-0.2, 0) is 25.7 Å². The van der Waals surface area contributed by atoms with E-state index in [1.807, 2.05) is 31.3 Å². The van der Waals surface area contributed by atoms with E-state index in [1.54, 1.807) is 23.7 Å². The first kappa shape index (κ1) is 32.6. The third-order valence-electron chi connectivity index (χ3n) is 7.81. The fraction of sp³-hybridized carbons (Fsp3) is 0.452. The summed E-state index contributed by atoms with van der Waals surface area (Å²) in [5, 5.41) is 27.8. The summed E-state index contributed by atoms with van der Waals surface area (Å²) >= 11 is 0. The Bertz CT molecular complexity index is 1370. The molecule has 0 aromatic heterocycles. The van der Waals surface area contributed by atoms with E-state index >= 15 is 0 Å². The molecule has 2 aliphatic heterocycles. The number of nitrogens with zero attached hydrogens (tertiary/aromatic N) is 2. The zero-order chi connectivity index (χ0) is 31.6. The third kappa shape index (κ3) is 8.40. The molecule has 236 valence electrons. The maximum Gasteiger partial charge on any atom is 0.259 e. The molecule has 2 aliphatic rings. The molecule has 13 heteroatoms. The van der Waals surface area contributed by atoms with Gasteiger partial charge in [-0.05, 0) is 50.1 Å². The Hall–Kier alpha value is -4.33. The fourth-order valence-corrected chi connectivity index (χ4v) is 5.49. The van der Waals surface area contributed by atoms with Gasteiger partial charge in [0.15, 0.2) is 6.23 Å². The Morgan fingerprint density at radius 3 is 2.39 bits per heavy atom. The molecule has 0 saturated carbocycles. The lowest BCUT2D eigenvalue weighted by molar-refractivity contribution is -0.139. The van der Waals surface area contributed by atoms with Crippen LogP contribution in [0.2, 0.25) is 0 Å². The van der Waals surface area contributed by atoms with Crippen molar-refractivity contribution in [3.63, 3.8) is 0 Å². The largest absolute Gasteiger partial charge is 0.383 e. The highest BCUT2D eigenvalue weighted by Gasteiger charge is 2.45. The van der Waals surface area contributed by atoms with E-state index in [0.717, 1.165) is 35.4 Å². The number of rotatable bonds is 15. The molecule has 0 radical (unpaired) electrons. The van der Waals surface area contributed by atoms with E-state index in [1.165, 1.54) is 0 Å². The quantitative estimate of drug-likeness (QED) is 0.0765. The van der Waals surface area contributed by atoms with E-state index in [2.05, 4.69) is 20.9 Å². The van der Waals surface area contributed by atoms with Crippen LogP contribution in [0.25, 0.3) is 0 Å². The summed E-state index contributed by atoms with van der Waals surface area (Å²) in [5.74, 6) is -1.88. The average molecular weight is 609 g/mol. The molecule has 2 heterocycles. The minimum absolute atomic E-state index is 0.0623. The van der Waals surface area contributed by atoms with Crippen molar-refractivity contribution in [3.05, 3.63) is 59.2 Å². The molecule has 2 unspecified atom stereocenters. The molecular formula is C31H40N6O7. The second kappa shape index (κ2) is 15.4. The summed E-state index contributed by atoms with van der Waals surface area (Å²) in [5.41, 5.74) is 4.73. The fourth-order valence-electron chi connectivity index (χ4n) is 5.49. The number of aliphatic hydroxyl groups excluding tert-OH is 1. The van der Waals surface area contributed by atoms with Gasteiger partial charge in [0, 0.05) is 55.8 Å². The number of aliphatic hydroxyl groups is 1. The van der Waals surface area contributed by atoms with Crippen LogP contribution in [0.15, 0.2) is 42.5 Å². The van der Waals surface area contributed by atoms with Gasteiger partial charge < -0.3 is 20.6 Å². The van der Waals surface area contributed by atoms with Gasteiger partial charge in [0.2, 0.25) is 23.6 Å². The molecule has 5 amide bonds. The van der Waals surface area contributed by atoms with Crippen molar-refractivity contribution in [1.29, 1.82) is 0 Å². The lowest BCUT2D eigenvalue weighted by atomic mass is 10.0. The second-order valence-electron chi connectivity index (χ2n) is 11.2. The number of benzene rings is 2. The minimum Gasteiger partial charge on any atom is -0.383 e. The van der Waals surface area contributed by atoms with Crippen molar-refractivity contribution in [2.45, 2.75) is 70.2 Å². The number of unbranched alkanes of at least 4 members (excludes halogenated alkanes) is 3. The molecule has 44 heavy (non-hydrogen) atoms. The van der Waals surface area contributed by atoms with E-state index < -0.39 is 30.0 Å². The molecule has 2 aromatic rings. The normalized spacial score (nSPS) is 17.8. The summed E-state index contributed by atoms with van der Waals surface area (Å²) in [6.45, 7) is 1.84. The van der Waals surface area contributed by atoms with E-state index in [9.17, 15) is 29.1 Å². The average Bonchev–Trinajstić information content (AvgIpc) is 3.25. The summed E-state index contributed by atoms with van der Waals surface area (Å²) in [6, 6.07) is 11.9. The van der Waals surface area contributed by atoms with Crippen molar-refractivity contribution in [3.8, 4) is 0 Å². The second-order valence-corrected chi connectivity index (χ2v) is 11.2. The number of nitrogens with one attached hydrogen (secondary N) is 4. The Balaban J connectivity index is 1.20. The van der Waals surface area contributed by atoms with Gasteiger partial charge in [-0.25, -0.2) is 5.48 Å². The monoisotopic (exact) mass is 608 g/mol. The Kier molecular flexibility index (Phi) is 11.4. The van der Waals surface area contributed by atoms with Crippen LogP contribution in [0.1, 0.15) is 79.1 Å². The maximum atomic E-state index is 13.3. The summed E-state index contributed by atoms with van der Waals surface area (Å²) in [4.78, 5) is 63.7. The first-order valence-corrected chi connectivity index (χ1v) is 14.9. The number of hydrogen-bond donors (Lipinski definition) is 6. The van der Waals surface area contributed by atoms with Gasteiger partial charge in [-0.1, -0.05) is 37.1 Å². The highest BCUT2D eigenvalue weighted by Crippen LogP contribution is 2.38. The molecule has 0 spiro atoms. The molecular weight excluding hydrogens is 568 g/mol. The maximum absolute atomic E-state index is 13.3. The molecule has 6 N–H and O–H groups in total.